The molecule has 0 saturated heterocycles. The van der Waals surface area contributed by atoms with Crippen LogP contribution < -0.4 is 31.3 Å². The molecule has 3 aliphatic heterocycles. The van der Waals surface area contributed by atoms with Crippen molar-refractivity contribution >= 4 is 56.2 Å². The van der Waals surface area contributed by atoms with E-state index in [0.717, 1.165) is 47.7 Å². The molecule has 3 radical (unpaired) electrons. The maximum Gasteiger partial charge on any atom is 0.194 e. The lowest BCUT2D eigenvalue weighted by atomic mass is 9.72. The van der Waals surface area contributed by atoms with Gasteiger partial charge >= 0.3 is 0 Å². The summed E-state index contributed by atoms with van der Waals surface area (Å²) in [5, 5.41) is 6.55. The first-order valence-electron chi connectivity index (χ1n) is 6.60. The first kappa shape index (κ1) is 12.1. The molecule has 87 valence electrons. The van der Waals surface area contributed by atoms with Crippen molar-refractivity contribution in [1.29, 1.82) is 0 Å². The van der Waals surface area contributed by atoms with Gasteiger partial charge in [0.15, 0.2) is 21.8 Å². The zero-order valence-corrected chi connectivity index (χ0v) is 11.2. The highest BCUT2D eigenvalue weighted by Gasteiger charge is 2.17. The number of terminal acetylenes is 3. The summed E-state index contributed by atoms with van der Waals surface area (Å²) in [6.45, 7) is 0. The van der Waals surface area contributed by atoms with Gasteiger partial charge in [-0.25, -0.2) is 0 Å². The number of fused-ring (bicyclic) bond motifs is 6. The highest BCUT2D eigenvalue weighted by molar-refractivity contribution is 6.76. The second-order valence-corrected chi connectivity index (χ2v) is 5.04. The summed E-state index contributed by atoms with van der Waals surface area (Å²) in [6, 6.07) is 0. The van der Waals surface area contributed by atoms with E-state index >= 15 is 0 Å². The largest absolute Gasteiger partial charge is 0.194 e. The smallest absolute Gasteiger partial charge is 0.116 e. The van der Waals surface area contributed by atoms with Crippen molar-refractivity contribution < 1.29 is 0 Å². The Hall–Kier alpha value is -2.69. The van der Waals surface area contributed by atoms with E-state index in [1.54, 1.807) is 0 Å². The Labute approximate surface area is 125 Å². The van der Waals surface area contributed by atoms with Crippen molar-refractivity contribution in [2.45, 2.75) is 0 Å². The minimum Gasteiger partial charge on any atom is -0.116 e. The van der Waals surface area contributed by atoms with Crippen LogP contribution in [0.3, 0.4) is 0 Å². The minimum absolute atomic E-state index is 0.884. The Morgan fingerprint density at radius 2 is 0.857 bits per heavy atom. The van der Waals surface area contributed by atoms with Crippen LogP contribution in [0.2, 0.25) is 0 Å². The Bertz CT molecular complexity index is 1020. The van der Waals surface area contributed by atoms with Crippen molar-refractivity contribution in [1.82, 2.24) is 0 Å². The lowest BCUT2D eigenvalue weighted by molar-refractivity contribution is 1.32. The van der Waals surface area contributed by atoms with Crippen LogP contribution in [0.1, 0.15) is 0 Å². The Kier molecular flexibility index (Phi) is 2.39. The molecule has 1 aromatic rings. The van der Waals surface area contributed by atoms with Gasteiger partial charge in [-0.2, -0.15) is 0 Å². The predicted molar refractivity (Wildman–Crippen MR) is 91.6 cm³/mol. The molecule has 21 heavy (non-hydrogen) atoms. The average molecular weight is 255 g/mol. The minimum atomic E-state index is 0.884. The van der Waals surface area contributed by atoms with Gasteiger partial charge in [0.1, 0.15) is 0 Å². The summed E-state index contributed by atoms with van der Waals surface area (Å²) in [4.78, 5) is 0. The van der Waals surface area contributed by atoms with Crippen LogP contribution in [-0.4, -0.2) is 21.8 Å². The van der Waals surface area contributed by atoms with E-state index < -0.39 is 0 Å². The molecule has 0 bridgehead atoms. The zero-order valence-electron chi connectivity index (χ0n) is 11.2. The predicted octanol–water partition coefficient (Wildman–Crippen LogP) is -3.72. The van der Waals surface area contributed by atoms with Gasteiger partial charge in [-0.05, 0) is 47.7 Å². The topological polar surface area (TPSA) is 0 Å². The van der Waals surface area contributed by atoms with Crippen LogP contribution in [0.4, 0.5) is 0 Å². The van der Waals surface area contributed by atoms with Gasteiger partial charge in [0.2, 0.25) is 0 Å². The van der Waals surface area contributed by atoms with E-state index in [0.29, 0.717) is 0 Å². The van der Waals surface area contributed by atoms with Crippen molar-refractivity contribution in [3.05, 3.63) is 31.3 Å². The van der Waals surface area contributed by atoms with Gasteiger partial charge < -0.3 is 0 Å². The molecule has 0 N–H and O–H groups in total. The molecule has 0 fully saturated rings. The standard InChI is InChI=1S/C18H6B3/c1-4-13-16-10(7-19-13)17-12(9-21-14(17)5-2)18-11(16)8-20-15(18)6-3/h1-3,7-9H. The average Bonchev–Trinajstić information content (AvgIpc) is 3.20. The van der Waals surface area contributed by atoms with Crippen LogP contribution in [0.5, 0.6) is 0 Å². The number of hydrogen-bond acceptors (Lipinski definition) is 0. The molecule has 0 nitrogen and oxygen atoms in total. The number of benzene rings is 1. The lowest BCUT2D eigenvalue weighted by Crippen LogP contribution is -2.64. The van der Waals surface area contributed by atoms with E-state index in [2.05, 4.69) is 35.7 Å². The number of hydrogen-bond donors (Lipinski definition) is 0. The molecule has 0 aromatic heterocycles. The fourth-order valence-corrected chi connectivity index (χ4v) is 3.29. The highest BCUT2D eigenvalue weighted by atomic mass is 14.1. The third-order valence-corrected chi connectivity index (χ3v) is 4.14. The molecule has 0 atom stereocenters. The van der Waals surface area contributed by atoms with Crippen LogP contribution in [0, 0.1) is 37.0 Å². The molecule has 1 aromatic carbocycles. The van der Waals surface area contributed by atoms with Crippen LogP contribution in [0.15, 0.2) is 0 Å². The fraction of sp³-hybridized carbons (Fsp3) is 0. The number of rotatable bonds is 0. The maximum absolute atomic E-state index is 5.65. The molecule has 3 aliphatic rings. The maximum atomic E-state index is 5.65. The first-order valence-corrected chi connectivity index (χ1v) is 6.60. The molecule has 0 aliphatic carbocycles. The van der Waals surface area contributed by atoms with Crippen molar-refractivity contribution in [3.8, 4) is 37.0 Å². The molecule has 3 heterocycles. The van der Waals surface area contributed by atoms with Crippen LogP contribution >= 0.6 is 0 Å². The van der Waals surface area contributed by atoms with Crippen molar-refractivity contribution in [2.24, 2.45) is 0 Å². The fourth-order valence-electron chi connectivity index (χ4n) is 3.29. The van der Waals surface area contributed by atoms with Crippen LogP contribution in [-0.2, 0) is 0 Å². The van der Waals surface area contributed by atoms with Gasteiger partial charge in [0.25, 0.3) is 0 Å². The Balaban J connectivity index is 2.56. The summed E-state index contributed by atoms with van der Waals surface area (Å²) in [5.74, 6) is 14.4. The summed E-state index contributed by atoms with van der Waals surface area (Å²) in [7, 11) is 5.91. The Morgan fingerprint density at radius 1 is 0.571 bits per heavy atom. The molecule has 0 unspecified atom stereocenters. The normalized spacial score (nSPS) is 15.6. The van der Waals surface area contributed by atoms with Gasteiger partial charge in [-0.1, -0.05) is 17.8 Å². The van der Waals surface area contributed by atoms with E-state index in [4.69, 9.17) is 19.3 Å². The lowest BCUT2D eigenvalue weighted by Gasteiger charge is -1.98. The third kappa shape index (κ3) is 1.38. The quantitative estimate of drug-likeness (QED) is 0.330. The second-order valence-electron chi connectivity index (χ2n) is 5.04. The molecular formula is C18H6B3. The van der Waals surface area contributed by atoms with E-state index in [1.165, 1.54) is 0 Å². The van der Waals surface area contributed by atoms with Crippen molar-refractivity contribution in [2.75, 3.05) is 0 Å². The third-order valence-electron chi connectivity index (χ3n) is 4.14. The summed E-state index contributed by atoms with van der Waals surface area (Å²) >= 11 is 0. The summed E-state index contributed by atoms with van der Waals surface area (Å²) in [5.41, 5.74) is 2.65. The van der Waals surface area contributed by atoms with E-state index in [-0.39, 0.29) is 0 Å². The van der Waals surface area contributed by atoms with Gasteiger partial charge in [0, 0.05) is 0 Å². The van der Waals surface area contributed by atoms with E-state index in [1.807, 2.05) is 21.8 Å². The van der Waals surface area contributed by atoms with Crippen molar-refractivity contribution in [3.63, 3.8) is 0 Å². The highest BCUT2D eigenvalue weighted by Crippen LogP contribution is 1.94. The SMILES string of the molecule is C#CC1=c2c(c3c(c4c2=C[B]C=4C#C)=C[B]C=3C#C)=C[B]1. The van der Waals surface area contributed by atoms with Gasteiger partial charge in [-0.3, -0.25) is 0 Å². The van der Waals surface area contributed by atoms with Crippen LogP contribution in [0.25, 0.3) is 34.3 Å². The Morgan fingerprint density at radius 3 is 1.10 bits per heavy atom. The molecule has 0 amide bonds. The first-order chi connectivity index (χ1) is 10.3. The van der Waals surface area contributed by atoms with E-state index in [9.17, 15) is 0 Å². The summed E-state index contributed by atoms with van der Waals surface area (Å²) in [6.07, 6.45) is 16.9. The molecule has 4 rings (SSSR count). The molecule has 0 saturated carbocycles. The zero-order chi connectivity index (χ0) is 14.6. The molecule has 3 heteroatoms. The molecular weight excluding hydrogens is 249 g/mol. The van der Waals surface area contributed by atoms with Gasteiger partial charge in [0.05, 0.1) is 0 Å². The molecule has 0 spiro atoms. The second kappa shape index (κ2) is 4.15. The summed E-state index contributed by atoms with van der Waals surface area (Å²) < 4.78 is 0. The monoisotopic (exact) mass is 255 g/mol. The van der Waals surface area contributed by atoms with Gasteiger partial charge in [-0.15, -0.1) is 37.2 Å².